The van der Waals surface area contributed by atoms with E-state index >= 15 is 0 Å². The van der Waals surface area contributed by atoms with Gasteiger partial charge in [-0.2, -0.15) is 0 Å². The van der Waals surface area contributed by atoms with Crippen LogP contribution >= 0.6 is 0 Å². The molecule has 18 heavy (non-hydrogen) atoms. The van der Waals surface area contributed by atoms with E-state index in [4.69, 9.17) is 0 Å². The highest BCUT2D eigenvalue weighted by atomic mass is 15.0. The highest BCUT2D eigenvalue weighted by Gasteiger charge is 2.04. The van der Waals surface area contributed by atoms with E-state index in [0.29, 0.717) is 0 Å². The van der Waals surface area contributed by atoms with E-state index in [1.165, 1.54) is 10.9 Å². The average molecular weight is 232 g/mol. The molecule has 4 aromatic rings. The minimum atomic E-state index is 0.983. The maximum absolute atomic E-state index is 4.29. The summed E-state index contributed by atoms with van der Waals surface area (Å²) in [7, 11) is 0. The molecule has 3 heteroatoms. The lowest BCUT2D eigenvalue weighted by Gasteiger charge is -2.05. The van der Waals surface area contributed by atoms with Crippen LogP contribution in [-0.2, 0) is 0 Å². The molecular weight excluding hydrogens is 222 g/mol. The van der Waals surface area contributed by atoms with Gasteiger partial charge in [0.1, 0.15) is 0 Å². The Bertz CT molecular complexity index is 839. The van der Waals surface area contributed by atoms with Crippen LogP contribution in [0.4, 0.5) is 0 Å². The van der Waals surface area contributed by atoms with Crippen LogP contribution in [0.5, 0.6) is 0 Å². The van der Waals surface area contributed by atoms with E-state index in [9.17, 15) is 0 Å². The molecule has 0 saturated heterocycles. The maximum Gasteiger partial charge on any atom is 0.0931 e. The minimum Gasteiger partial charge on any atom is -0.345 e. The molecule has 0 saturated carbocycles. The lowest BCUT2D eigenvalue weighted by atomic mass is 10.2. The number of aromatic amines is 1. The predicted octanol–water partition coefficient (Wildman–Crippen LogP) is 3.31. The first-order chi connectivity index (χ1) is 8.92. The summed E-state index contributed by atoms with van der Waals surface area (Å²) in [4.78, 5) is 7.40. The van der Waals surface area contributed by atoms with Crippen LogP contribution in [0.2, 0.25) is 0 Å². The molecule has 0 unspecified atom stereocenters. The number of nitrogens with one attached hydrogen (secondary N) is 1. The summed E-state index contributed by atoms with van der Waals surface area (Å²) in [5, 5.41) is 1.19. The van der Waals surface area contributed by atoms with Gasteiger partial charge in [0.2, 0.25) is 0 Å². The van der Waals surface area contributed by atoms with Gasteiger partial charge in [-0.1, -0.05) is 6.07 Å². The molecule has 0 bridgehead atoms. The largest absolute Gasteiger partial charge is 0.345 e. The Morgan fingerprint density at radius 1 is 1.17 bits per heavy atom. The molecule has 0 fully saturated rings. The SMILES string of the molecule is [c]1ccc2c(c1)ccn2-c1ccc2[nH]cnc2c1. The topological polar surface area (TPSA) is 33.6 Å². The number of imidazole rings is 1. The summed E-state index contributed by atoms with van der Waals surface area (Å²) in [5.74, 6) is 0. The third-order valence-corrected chi connectivity index (χ3v) is 3.22. The Kier molecular flexibility index (Phi) is 1.83. The summed E-state index contributed by atoms with van der Waals surface area (Å²) in [6.07, 6.45) is 3.80. The number of aromatic nitrogens is 3. The van der Waals surface area contributed by atoms with Crippen molar-refractivity contribution in [2.45, 2.75) is 0 Å². The second kappa shape index (κ2) is 3.47. The third kappa shape index (κ3) is 1.27. The Balaban J connectivity index is 2.00. The van der Waals surface area contributed by atoms with Gasteiger partial charge in [0.05, 0.1) is 22.9 Å². The molecule has 3 nitrogen and oxygen atoms in total. The number of nitrogens with zero attached hydrogens (tertiary/aromatic N) is 2. The third-order valence-electron chi connectivity index (χ3n) is 3.22. The van der Waals surface area contributed by atoms with Gasteiger partial charge in [-0.15, -0.1) is 0 Å². The Morgan fingerprint density at radius 3 is 3.17 bits per heavy atom. The van der Waals surface area contributed by atoms with Crippen molar-refractivity contribution in [3.63, 3.8) is 0 Å². The fourth-order valence-corrected chi connectivity index (χ4v) is 2.32. The molecule has 0 atom stereocenters. The van der Waals surface area contributed by atoms with E-state index < -0.39 is 0 Å². The van der Waals surface area contributed by atoms with E-state index in [-0.39, 0.29) is 0 Å². The Labute approximate surface area is 104 Å². The van der Waals surface area contributed by atoms with Crippen molar-refractivity contribution < 1.29 is 0 Å². The van der Waals surface area contributed by atoms with Gasteiger partial charge in [-0.3, -0.25) is 0 Å². The zero-order valence-corrected chi connectivity index (χ0v) is 9.59. The van der Waals surface area contributed by atoms with Gasteiger partial charge in [-0.05, 0) is 42.5 Å². The van der Waals surface area contributed by atoms with Crippen molar-refractivity contribution >= 4 is 21.9 Å². The maximum atomic E-state index is 4.29. The van der Waals surface area contributed by atoms with Crippen molar-refractivity contribution in [3.8, 4) is 5.69 Å². The first-order valence-corrected chi connectivity index (χ1v) is 5.82. The Hall–Kier alpha value is -2.55. The average Bonchev–Trinajstić information content (AvgIpc) is 3.04. The molecule has 0 aliphatic heterocycles. The summed E-state index contributed by atoms with van der Waals surface area (Å²) in [6, 6.07) is 17.4. The molecule has 0 spiro atoms. The fraction of sp³-hybridized carbons (Fsp3) is 0. The number of hydrogen-bond acceptors (Lipinski definition) is 1. The number of rotatable bonds is 1. The summed E-state index contributed by atoms with van der Waals surface area (Å²) >= 11 is 0. The summed E-state index contributed by atoms with van der Waals surface area (Å²) in [6.45, 7) is 0. The highest BCUT2D eigenvalue weighted by Crippen LogP contribution is 2.22. The molecule has 0 aliphatic rings. The van der Waals surface area contributed by atoms with Gasteiger partial charge in [-0.25, -0.2) is 4.98 Å². The highest BCUT2D eigenvalue weighted by molar-refractivity contribution is 5.83. The smallest absolute Gasteiger partial charge is 0.0931 e. The normalized spacial score (nSPS) is 11.3. The first kappa shape index (κ1) is 9.48. The first-order valence-electron chi connectivity index (χ1n) is 5.82. The monoisotopic (exact) mass is 232 g/mol. The van der Waals surface area contributed by atoms with Crippen LogP contribution in [0.15, 0.2) is 55.0 Å². The van der Waals surface area contributed by atoms with Crippen LogP contribution in [0.3, 0.4) is 0 Å². The van der Waals surface area contributed by atoms with Crippen molar-refractivity contribution in [3.05, 3.63) is 61.1 Å². The molecular formula is C15H10N3. The number of benzene rings is 2. The van der Waals surface area contributed by atoms with Crippen molar-refractivity contribution in [2.75, 3.05) is 0 Å². The van der Waals surface area contributed by atoms with Crippen LogP contribution in [0.1, 0.15) is 0 Å². The fourth-order valence-electron chi connectivity index (χ4n) is 2.32. The zero-order valence-electron chi connectivity index (χ0n) is 9.59. The molecule has 0 aliphatic carbocycles. The van der Waals surface area contributed by atoms with Gasteiger partial charge in [0.15, 0.2) is 0 Å². The van der Waals surface area contributed by atoms with Crippen molar-refractivity contribution in [1.82, 2.24) is 14.5 Å². The van der Waals surface area contributed by atoms with Gasteiger partial charge in [0, 0.05) is 17.3 Å². The van der Waals surface area contributed by atoms with E-state index in [0.717, 1.165) is 16.7 Å². The molecule has 2 aromatic carbocycles. The van der Waals surface area contributed by atoms with Gasteiger partial charge >= 0.3 is 0 Å². The van der Waals surface area contributed by atoms with Crippen LogP contribution in [0.25, 0.3) is 27.6 Å². The van der Waals surface area contributed by atoms with E-state index in [1.54, 1.807) is 6.33 Å². The standard InChI is InChI=1S/C15H10N3/c1-2-4-15-11(3-1)7-8-18(15)12-5-6-13-14(9-12)17-10-16-13/h2-10H,(H,16,17). The number of fused-ring (bicyclic) bond motifs is 2. The zero-order chi connectivity index (χ0) is 11.9. The lowest BCUT2D eigenvalue weighted by molar-refractivity contribution is 1.13. The number of H-pyrrole nitrogens is 1. The van der Waals surface area contributed by atoms with Crippen molar-refractivity contribution in [2.24, 2.45) is 0 Å². The predicted molar refractivity (Wildman–Crippen MR) is 71.8 cm³/mol. The van der Waals surface area contributed by atoms with Crippen LogP contribution in [0, 0.1) is 6.07 Å². The molecule has 4 rings (SSSR count). The molecule has 1 radical (unpaired) electrons. The number of hydrogen-bond donors (Lipinski definition) is 1. The second-order valence-corrected chi connectivity index (χ2v) is 4.27. The molecule has 0 amide bonds. The van der Waals surface area contributed by atoms with Crippen LogP contribution in [-0.4, -0.2) is 14.5 Å². The quantitative estimate of drug-likeness (QED) is 0.536. The van der Waals surface area contributed by atoms with E-state index in [2.05, 4.69) is 57.1 Å². The Morgan fingerprint density at radius 2 is 2.17 bits per heavy atom. The molecule has 85 valence electrons. The summed E-state index contributed by atoms with van der Waals surface area (Å²) in [5.41, 5.74) is 4.35. The minimum absolute atomic E-state index is 0.983. The van der Waals surface area contributed by atoms with E-state index in [1.807, 2.05) is 12.1 Å². The second-order valence-electron chi connectivity index (χ2n) is 4.27. The lowest BCUT2D eigenvalue weighted by Crippen LogP contribution is -1.91. The molecule has 1 N–H and O–H groups in total. The molecule has 2 aromatic heterocycles. The van der Waals surface area contributed by atoms with Crippen LogP contribution < -0.4 is 0 Å². The van der Waals surface area contributed by atoms with Gasteiger partial charge < -0.3 is 9.55 Å². The van der Waals surface area contributed by atoms with Crippen molar-refractivity contribution in [1.29, 1.82) is 0 Å². The molecule has 2 heterocycles. The van der Waals surface area contributed by atoms with Gasteiger partial charge in [0.25, 0.3) is 0 Å². The summed E-state index contributed by atoms with van der Waals surface area (Å²) < 4.78 is 2.16.